The third-order valence-electron chi connectivity index (χ3n) is 3.46. The summed E-state index contributed by atoms with van der Waals surface area (Å²) in [5.41, 5.74) is 1.05. The molecule has 0 atom stereocenters. The number of amides is 2. The van der Waals surface area contributed by atoms with Gasteiger partial charge in [0.2, 0.25) is 11.8 Å². The quantitative estimate of drug-likeness (QED) is 0.871. The first-order valence-corrected chi connectivity index (χ1v) is 7.89. The molecule has 1 N–H and O–H groups in total. The van der Waals surface area contributed by atoms with Gasteiger partial charge in [-0.1, -0.05) is 35.9 Å². The van der Waals surface area contributed by atoms with Crippen LogP contribution in [0.1, 0.15) is 12.5 Å². The number of benzene rings is 2. The molecule has 0 bridgehead atoms. The SMILES string of the molecule is CC(=O)N(CCNC(=O)Cc1ccc(Cl)cc1)c1ccccc1F. The predicted octanol–water partition coefficient (Wildman–Crippen LogP) is 3.19. The molecule has 6 heteroatoms. The van der Waals surface area contributed by atoms with Gasteiger partial charge in [-0.3, -0.25) is 9.59 Å². The minimum atomic E-state index is -0.472. The van der Waals surface area contributed by atoms with Gasteiger partial charge < -0.3 is 10.2 Å². The molecule has 0 aliphatic rings. The fourth-order valence-corrected chi connectivity index (χ4v) is 2.40. The lowest BCUT2D eigenvalue weighted by atomic mass is 10.1. The molecule has 0 unspecified atom stereocenters. The summed E-state index contributed by atoms with van der Waals surface area (Å²) in [5.74, 6) is -0.929. The molecule has 0 fully saturated rings. The number of hydrogen-bond acceptors (Lipinski definition) is 2. The molecule has 0 aromatic heterocycles. The summed E-state index contributed by atoms with van der Waals surface area (Å²) in [6.45, 7) is 1.80. The fourth-order valence-electron chi connectivity index (χ4n) is 2.28. The smallest absolute Gasteiger partial charge is 0.224 e. The number of hydrogen-bond donors (Lipinski definition) is 1. The number of nitrogens with zero attached hydrogens (tertiary/aromatic N) is 1. The fraction of sp³-hybridized carbons (Fsp3) is 0.222. The molecule has 0 aliphatic carbocycles. The summed E-state index contributed by atoms with van der Waals surface area (Å²) in [6, 6.07) is 13.1. The van der Waals surface area contributed by atoms with Crippen LogP contribution in [0, 0.1) is 5.82 Å². The highest BCUT2D eigenvalue weighted by atomic mass is 35.5. The van der Waals surface area contributed by atoms with Crippen molar-refractivity contribution in [3.63, 3.8) is 0 Å². The summed E-state index contributed by atoms with van der Waals surface area (Å²) in [6.07, 6.45) is 0.219. The van der Waals surface area contributed by atoms with Gasteiger partial charge in [-0.05, 0) is 29.8 Å². The van der Waals surface area contributed by atoms with Gasteiger partial charge in [0.05, 0.1) is 12.1 Å². The van der Waals surface area contributed by atoms with Crippen molar-refractivity contribution in [3.05, 3.63) is 64.9 Å². The Hall–Kier alpha value is -2.40. The van der Waals surface area contributed by atoms with Gasteiger partial charge in [0.25, 0.3) is 0 Å². The van der Waals surface area contributed by atoms with E-state index in [0.717, 1.165) is 5.56 Å². The Balaban J connectivity index is 1.89. The van der Waals surface area contributed by atoms with E-state index in [-0.39, 0.29) is 37.0 Å². The van der Waals surface area contributed by atoms with E-state index < -0.39 is 5.82 Å². The molecule has 4 nitrogen and oxygen atoms in total. The lowest BCUT2D eigenvalue weighted by molar-refractivity contribution is -0.121. The van der Waals surface area contributed by atoms with E-state index in [1.807, 2.05) is 0 Å². The summed E-state index contributed by atoms with van der Waals surface area (Å²) >= 11 is 5.80. The van der Waals surface area contributed by atoms with Crippen LogP contribution in [0.25, 0.3) is 0 Å². The van der Waals surface area contributed by atoms with Crippen LogP contribution < -0.4 is 10.2 Å². The Bertz CT molecular complexity index is 719. The molecule has 2 rings (SSSR count). The van der Waals surface area contributed by atoms with Crippen LogP contribution in [0.4, 0.5) is 10.1 Å². The summed E-state index contributed by atoms with van der Waals surface area (Å²) in [5, 5.41) is 3.34. The van der Waals surface area contributed by atoms with Crippen LogP contribution >= 0.6 is 11.6 Å². The third kappa shape index (κ3) is 5.06. The molecule has 24 heavy (non-hydrogen) atoms. The van der Waals surface area contributed by atoms with Crippen LogP contribution in [0.5, 0.6) is 0 Å². The van der Waals surface area contributed by atoms with Crippen molar-refractivity contribution in [1.29, 1.82) is 0 Å². The Morgan fingerprint density at radius 3 is 2.42 bits per heavy atom. The standard InChI is InChI=1S/C18H18ClFN2O2/c1-13(23)22(17-5-3-2-4-16(17)20)11-10-21-18(24)12-14-6-8-15(19)9-7-14/h2-9H,10-12H2,1H3,(H,21,24). The normalized spacial score (nSPS) is 10.3. The topological polar surface area (TPSA) is 49.4 Å². The van der Waals surface area contributed by atoms with Crippen molar-refractivity contribution in [3.8, 4) is 0 Å². The highest BCUT2D eigenvalue weighted by Crippen LogP contribution is 2.18. The average molecular weight is 349 g/mol. The maximum absolute atomic E-state index is 13.8. The first kappa shape index (κ1) is 17.9. The molecule has 0 aliphatic heterocycles. The highest BCUT2D eigenvalue weighted by molar-refractivity contribution is 6.30. The van der Waals surface area contributed by atoms with E-state index >= 15 is 0 Å². The van der Waals surface area contributed by atoms with Crippen LogP contribution in [0.2, 0.25) is 5.02 Å². The lowest BCUT2D eigenvalue weighted by Crippen LogP contribution is -2.38. The van der Waals surface area contributed by atoms with Crippen LogP contribution in [0.15, 0.2) is 48.5 Å². The number of carbonyl (C=O) groups is 2. The Kier molecular flexibility index (Phi) is 6.32. The summed E-state index contributed by atoms with van der Waals surface area (Å²) in [4.78, 5) is 25.0. The van der Waals surface area contributed by atoms with Gasteiger partial charge in [0, 0.05) is 25.0 Å². The second kappa shape index (κ2) is 8.45. The molecule has 2 amide bonds. The van der Waals surface area contributed by atoms with Crippen LogP contribution in [-0.2, 0) is 16.0 Å². The van der Waals surface area contributed by atoms with Crippen molar-refractivity contribution in [1.82, 2.24) is 5.32 Å². The third-order valence-corrected chi connectivity index (χ3v) is 3.71. The van der Waals surface area contributed by atoms with Crippen molar-refractivity contribution in [2.75, 3.05) is 18.0 Å². The second-order valence-electron chi connectivity index (χ2n) is 5.28. The Morgan fingerprint density at radius 2 is 1.79 bits per heavy atom. The summed E-state index contributed by atoms with van der Waals surface area (Å²) < 4.78 is 13.8. The number of rotatable bonds is 6. The molecular formula is C18H18ClFN2O2. The number of carbonyl (C=O) groups excluding carboxylic acids is 2. The summed E-state index contributed by atoms with van der Waals surface area (Å²) in [7, 11) is 0. The molecule has 0 radical (unpaired) electrons. The average Bonchev–Trinajstić information content (AvgIpc) is 2.54. The number of halogens is 2. The molecule has 0 saturated heterocycles. The Labute approximate surface area is 145 Å². The van der Waals surface area contributed by atoms with E-state index in [1.165, 1.54) is 24.0 Å². The lowest BCUT2D eigenvalue weighted by Gasteiger charge is -2.21. The van der Waals surface area contributed by atoms with Gasteiger partial charge in [-0.15, -0.1) is 0 Å². The number of anilines is 1. The minimum absolute atomic E-state index is 0.172. The molecule has 0 saturated carbocycles. The van der Waals surface area contributed by atoms with Crippen molar-refractivity contribution in [2.24, 2.45) is 0 Å². The zero-order chi connectivity index (χ0) is 17.5. The molecule has 0 heterocycles. The van der Waals surface area contributed by atoms with E-state index in [1.54, 1.807) is 36.4 Å². The minimum Gasteiger partial charge on any atom is -0.354 e. The van der Waals surface area contributed by atoms with E-state index in [9.17, 15) is 14.0 Å². The second-order valence-corrected chi connectivity index (χ2v) is 5.71. The largest absolute Gasteiger partial charge is 0.354 e. The van der Waals surface area contributed by atoms with Gasteiger partial charge >= 0.3 is 0 Å². The highest BCUT2D eigenvalue weighted by Gasteiger charge is 2.15. The van der Waals surface area contributed by atoms with Gasteiger partial charge in [-0.25, -0.2) is 4.39 Å². The molecule has 0 spiro atoms. The Morgan fingerprint density at radius 1 is 1.12 bits per heavy atom. The van der Waals surface area contributed by atoms with Crippen molar-refractivity contribution < 1.29 is 14.0 Å². The maximum Gasteiger partial charge on any atom is 0.224 e. The van der Waals surface area contributed by atoms with E-state index in [4.69, 9.17) is 11.6 Å². The van der Waals surface area contributed by atoms with Crippen LogP contribution in [0.3, 0.4) is 0 Å². The van der Waals surface area contributed by atoms with Crippen molar-refractivity contribution in [2.45, 2.75) is 13.3 Å². The van der Waals surface area contributed by atoms with E-state index in [2.05, 4.69) is 5.32 Å². The van der Waals surface area contributed by atoms with Gasteiger partial charge in [0.1, 0.15) is 5.82 Å². The van der Waals surface area contributed by atoms with E-state index in [0.29, 0.717) is 5.02 Å². The zero-order valence-electron chi connectivity index (χ0n) is 13.3. The first-order chi connectivity index (χ1) is 11.5. The molecular weight excluding hydrogens is 331 g/mol. The monoisotopic (exact) mass is 348 g/mol. The molecule has 2 aromatic rings. The van der Waals surface area contributed by atoms with Gasteiger partial charge in [-0.2, -0.15) is 0 Å². The predicted molar refractivity (Wildman–Crippen MR) is 92.6 cm³/mol. The van der Waals surface area contributed by atoms with Crippen LogP contribution in [-0.4, -0.2) is 24.9 Å². The number of nitrogens with one attached hydrogen (secondary N) is 1. The van der Waals surface area contributed by atoms with Gasteiger partial charge in [0.15, 0.2) is 0 Å². The zero-order valence-corrected chi connectivity index (χ0v) is 14.0. The maximum atomic E-state index is 13.8. The molecule has 126 valence electrons. The number of para-hydroxylation sites is 1. The molecule has 2 aromatic carbocycles. The van der Waals surface area contributed by atoms with Crippen molar-refractivity contribution >= 4 is 29.1 Å². The first-order valence-electron chi connectivity index (χ1n) is 7.51.